The molecule has 0 saturated carbocycles. The molecule has 8 rings (SSSR count). The van der Waals surface area contributed by atoms with Crippen LogP contribution < -0.4 is 14.6 Å². The molecule has 0 atom stereocenters. The molecule has 39 heavy (non-hydrogen) atoms. The van der Waals surface area contributed by atoms with Crippen molar-refractivity contribution in [3.05, 3.63) is 163 Å². The Morgan fingerprint density at radius 3 is 1.85 bits per heavy atom. The molecule has 4 aromatic carbocycles. The van der Waals surface area contributed by atoms with E-state index in [0.29, 0.717) is 0 Å². The molecule has 0 unspecified atom stereocenters. The Morgan fingerprint density at radius 2 is 1.18 bits per heavy atom. The van der Waals surface area contributed by atoms with Gasteiger partial charge in [0.1, 0.15) is 5.69 Å². The minimum absolute atomic E-state index is 0. The number of rotatable bonds is 2. The Labute approximate surface area is 244 Å². The number of benzene rings is 4. The maximum Gasteiger partial charge on any atom is 0.238 e. The van der Waals surface area contributed by atoms with Crippen LogP contribution in [-0.4, -0.2) is 6.71 Å². The van der Waals surface area contributed by atoms with Gasteiger partial charge in [-0.25, -0.2) is 0 Å². The Kier molecular flexibility index (Phi) is 7.04. The first-order valence-electron chi connectivity index (χ1n) is 12.9. The molecule has 2 nitrogen and oxygen atoms in total. The number of pyridine rings is 1. The van der Waals surface area contributed by atoms with Gasteiger partial charge in [-0.2, -0.15) is 0 Å². The van der Waals surface area contributed by atoms with Crippen LogP contribution in [-0.2, 0) is 22.4 Å². The van der Waals surface area contributed by atoms with E-state index in [1.165, 1.54) is 43.9 Å². The average Bonchev–Trinajstić information content (AvgIpc) is 3.57. The summed E-state index contributed by atoms with van der Waals surface area (Å²) in [6.07, 6.45) is 10.3. The first-order valence-corrected chi connectivity index (χ1v) is 12.9. The zero-order valence-corrected chi connectivity index (χ0v) is 23.3. The summed E-state index contributed by atoms with van der Waals surface area (Å²) in [5, 5.41) is 3.72. The van der Waals surface area contributed by atoms with Crippen LogP contribution in [0.3, 0.4) is 0 Å². The summed E-state index contributed by atoms with van der Waals surface area (Å²) in [6, 6.07) is 44.1. The van der Waals surface area contributed by atoms with Crippen LogP contribution in [0.2, 0.25) is 0 Å². The zero-order chi connectivity index (χ0) is 25.3. The van der Waals surface area contributed by atoms with Gasteiger partial charge >= 0.3 is 0 Å². The van der Waals surface area contributed by atoms with Crippen molar-refractivity contribution in [3.63, 3.8) is 0 Å². The molecule has 189 valence electrons. The fourth-order valence-corrected chi connectivity index (χ4v) is 5.45. The molecule has 1 radical (unpaired) electrons. The first-order chi connectivity index (χ1) is 18.9. The van der Waals surface area contributed by atoms with Crippen molar-refractivity contribution in [2.24, 2.45) is 0 Å². The largest absolute Gasteiger partial charge is 0.657 e. The number of allylic oxidation sites excluding steroid dienone is 3. The molecule has 6 aromatic rings. The van der Waals surface area contributed by atoms with E-state index in [1.54, 1.807) is 0 Å². The molecule has 0 aliphatic carbocycles. The molecule has 0 fully saturated rings. The van der Waals surface area contributed by atoms with Crippen molar-refractivity contribution >= 4 is 39.5 Å². The molecular formula is C35H24AuBN2-. The van der Waals surface area contributed by atoms with Crippen molar-refractivity contribution in [1.29, 1.82) is 0 Å². The van der Waals surface area contributed by atoms with Crippen LogP contribution in [0.4, 0.5) is 0 Å². The van der Waals surface area contributed by atoms with E-state index in [1.807, 2.05) is 12.1 Å². The number of hydrogen-bond acceptors (Lipinski definition) is 0. The van der Waals surface area contributed by atoms with Gasteiger partial charge in [0.05, 0.1) is 11.5 Å². The molecule has 0 amide bonds. The monoisotopic (exact) mass is 680 g/mol. The molecule has 2 aliphatic heterocycles. The van der Waals surface area contributed by atoms with Gasteiger partial charge in [0.2, 0.25) is 6.71 Å². The number of nitrogens with zero attached hydrogens (tertiary/aromatic N) is 2. The summed E-state index contributed by atoms with van der Waals surface area (Å²) in [7, 11) is 0. The molecule has 0 N–H and O–H groups in total. The maximum atomic E-state index is 4.52. The van der Waals surface area contributed by atoms with Crippen molar-refractivity contribution < 1.29 is 26.6 Å². The molecule has 0 bridgehead atoms. The third kappa shape index (κ3) is 4.66. The van der Waals surface area contributed by atoms with Crippen molar-refractivity contribution in [3.8, 4) is 11.3 Å². The summed E-state index contributed by atoms with van der Waals surface area (Å²) < 4.78 is 2.22. The summed E-state index contributed by atoms with van der Waals surface area (Å²) >= 11 is 0. The van der Waals surface area contributed by atoms with E-state index in [0.717, 1.165) is 11.0 Å². The standard InChI is InChI=1S/C23H16BN.C12H8N.Au/c1-3-9-18(10-4-1)20-13-7-14-21-23-16-8-15-22(25(23)17-24(20)21)19-11-5-2-6-12-19;1-3-7-11-9(5-1)10-6-2-4-8-12(10)13-11;/h1-16H;1-8H;/q;-1;. The number of fused-ring (bicyclic) bond motifs is 5. The predicted molar refractivity (Wildman–Crippen MR) is 158 cm³/mol. The number of aromatic nitrogens is 2. The Bertz CT molecular complexity index is 1920. The molecule has 0 spiro atoms. The van der Waals surface area contributed by atoms with E-state index < -0.39 is 0 Å². The Morgan fingerprint density at radius 1 is 0.590 bits per heavy atom. The topological polar surface area (TPSA) is 20.0 Å². The van der Waals surface area contributed by atoms with Crippen LogP contribution >= 0.6 is 0 Å². The Balaban J connectivity index is 0.000000166. The van der Waals surface area contributed by atoms with Gasteiger partial charge in [-0.1, -0.05) is 144 Å². The van der Waals surface area contributed by atoms with Gasteiger partial charge in [0.15, 0.2) is 0 Å². The molecule has 4 heteroatoms. The Hall–Kier alpha value is -4.14. The summed E-state index contributed by atoms with van der Waals surface area (Å²) in [6.45, 7) is 0.178. The van der Waals surface area contributed by atoms with E-state index >= 15 is 0 Å². The third-order valence-corrected chi connectivity index (χ3v) is 7.23. The van der Waals surface area contributed by atoms with Crippen LogP contribution in [0.1, 0.15) is 5.56 Å². The zero-order valence-electron chi connectivity index (χ0n) is 21.1. The fourth-order valence-electron chi connectivity index (χ4n) is 5.45. The van der Waals surface area contributed by atoms with Crippen LogP contribution in [0, 0.1) is 6.11 Å². The number of hydrogen-bond donors (Lipinski definition) is 0. The second-order valence-corrected chi connectivity index (χ2v) is 9.51. The first kappa shape index (κ1) is 25.2. The van der Waals surface area contributed by atoms with Gasteiger partial charge < -0.3 is 9.23 Å². The van der Waals surface area contributed by atoms with Gasteiger partial charge in [-0.05, 0) is 34.0 Å². The summed E-state index contributed by atoms with van der Waals surface area (Å²) in [4.78, 5) is 4.52. The van der Waals surface area contributed by atoms with Gasteiger partial charge in [-0.15, -0.1) is 11.0 Å². The van der Waals surface area contributed by atoms with Crippen molar-refractivity contribution in [2.45, 2.75) is 0 Å². The molecule has 2 aliphatic rings. The quantitative estimate of drug-likeness (QED) is 0.118. The second-order valence-electron chi connectivity index (χ2n) is 9.51. The number of para-hydroxylation sites is 2. The molecule has 4 heterocycles. The van der Waals surface area contributed by atoms with Gasteiger partial charge in [0.25, 0.3) is 0 Å². The van der Waals surface area contributed by atoms with E-state index in [9.17, 15) is 0 Å². The molecule has 2 aromatic heterocycles. The second kappa shape index (κ2) is 10.9. The van der Waals surface area contributed by atoms with Crippen molar-refractivity contribution in [2.75, 3.05) is 0 Å². The third-order valence-electron chi connectivity index (χ3n) is 7.23. The summed E-state index contributed by atoms with van der Waals surface area (Å²) in [5.41, 5.74) is 8.45. The van der Waals surface area contributed by atoms with E-state index in [-0.39, 0.29) is 29.1 Å². The SMILES string of the molecule is [Au].[C-]1=[n+]2c(-c3ccccc3)cccc2=C2C=CC=C(c3ccccc3)B12.c1ccc2c(c1)[n-]c1ccccc12. The minimum Gasteiger partial charge on any atom is -0.657 e. The minimum atomic E-state index is 0. The van der Waals surface area contributed by atoms with Crippen LogP contribution in [0.25, 0.3) is 44.0 Å². The maximum absolute atomic E-state index is 4.52. The van der Waals surface area contributed by atoms with E-state index in [2.05, 4.69) is 149 Å². The normalized spacial score (nSPS) is 13.1. The van der Waals surface area contributed by atoms with Gasteiger partial charge in [-0.3, -0.25) is 0 Å². The van der Waals surface area contributed by atoms with Crippen LogP contribution in [0.5, 0.6) is 0 Å². The molecule has 0 saturated heterocycles. The predicted octanol–water partition coefficient (Wildman–Crippen LogP) is 6.41. The summed E-state index contributed by atoms with van der Waals surface area (Å²) in [5.74, 6) is 0. The average molecular weight is 680 g/mol. The smallest absolute Gasteiger partial charge is 0.238 e. The van der Waals surface area contributed by atoms with Gasteiger partial charge in [0, 0.05) is 22.4 Å². The fraction of sp³-hybridized carbons (Fsp3) is 0. The van der Waals surface area contributed by atoms with Crippen LogP contribution in [0.15, 0.2) is 146 Å². The van der Waals surface area contributed by atoms with E-state index in [4.69, 9.17) is 0 Å². The van der Waals surface area contributed by atoms with Crippen molar-refractivity contribution in [1.82, 2.24) is 4.98 Å². The molecular weight excluding hydrogens is 656 g/mol.